The van der Waals surface area contributed by atoms with Crippen LogP contribution >= 0.6 is 105 Å². The minimum atomic E-state index is -0.324. The topological polar surface area (TPSA) is 289 Å². The minimum Gasteiger partial charge on any atom is -0.395 e. The molecule has 18 rings (SSSR count). The van der Waals surface area contributed by atoms with E-state index >= 15 is 0 Å². The minimum absolute atomic E-state index is 0.311. The van der Waals surface area contributed by atoms with E-state index in [1.165, 1.54) is 140 Å². The number of rotatable bonds is 15. The van der Waals surface area contributed by atoms with E-state index in [9.17, 15) is 33.3 Å². The van der Waals surface area contributed by atoms with E-state index in [-0.39, 0.29) is 23.3 Å². The van der Waals surface area contributed by atoms with Crippen LogP contribution in [0.25, 0.3) is 67.1 Å². The molecule has 0 radical (unpaired) electrons. The summed E-state index contributed by atoms with van der Waals surface area (Å²) in [5.74, 6) is -1.28. The van der Waals surface area contributed by atoms with Crippen molar-refractivity contribution in [3.8, 4) is 69.3 Å². The molecule has 122 heavy (non-hydrogen) atoms. The summed E-state index contributed by atoms with van der Waals surface area (Å²) in [5.41, 5.74) is 23.1. The maximum Gasteiger partial charge on any atom is 0.191 e. The van der Waals surface area contributed by atoms with Crippen LogP contribution in [0.3, 0.4) is 0 Å². The molecule has 4 N–H and O–H groups in total. The highest BCUT2D eigenvalue weighted by molar-refractivity contribution is 9.11. The Bertz CT molecular complexity index is 6530. The number of nitrogens with zero attached hydrogens (tertiary/aromatic N) is 20. The van der Waals surface area contributed by atoms with Gasteiger partial charge in [-0.1, -0.05) is 123 Å². The van der Waals surface area contributed by atoms with Crippen LogP contribution < -0.4 is 31.1 Å². The fraction of sp³-hybridized carbons (Fsp3) is 0.230. The number of pyridine rings is 3. The summed E-state index contributed by atoms with van der Waals surface area (Å²) in [6.07, 6.45) is 18.6. The first kappa shape index (κ1) is 88.3. The lowest BCUT2D eigenvalue weighted by molar-refractivity contribution is 0.520. The first-order valence-electron chi connectivity index (χ1n) is 38.8. The van der Waals surface area contributed by atoms with Gasteiger partial charge < -0.3 is 31.1 Å². The Morgan fingerprint density at radius 1 is 0.467 bits per heavy atom. The smallest absolute Gasteiger partial charge is 0.191 e. The number of benzene rings is 4. The fourth-order valence-electron chi connectivity index (χ4n) is 13.6. The average Bonchev–Trinajstić information content (AvgIpc) is 1.62. The zero-order valence-electron chi connectivity index (χ0n) is 66.7. The van der Waals surface area contributed by atoms with Gasteiger partial charge >= 0.3 is 0 Å². The molecule has 4 aromatic carbocycles. The number of fused-ring (bicyclic) bond motifs is 4. The summed E-state index contributed by atoms with van der Waals surface area (Å²) in [5, 5.41) is 68.6. The van der Waals surface area contributed by atoms with E-state index in [2.05, 4.69) is 138 Å². The van der Waals surface area contributed by atoms with E-state index in [4.69, 9.17) is 37.7 Å². The number of nitrogens with two attached hydrogens (primary N) is 1. The van der Waals surface area contributed by atoms with E-state index in [1.54, 1.807) is 59.4 Å². The quantitative estimate of drug-likeness (QED) is 0.0804. The molecule has 16 aromatic rings. The van der Waals surface area contributed by atoms with Crippen LogP contribution in [-0.4, -0.2) is 104 Å². The number of anilines is 8. The van der Waals surface area contributed by atoms with Crippen LogP contribution in [0.2, 0.25) is 4.47 Å². The third-order valence-corrected chi connectivity index (χ3v) is 25.1. The Balaban J connectivity index is 0.000000133. The average molecular weight is 1920 g/mol. The molecule has 35 heteroatoms. The van der Waals surface area contributed by atoms with E-state index in [0.717, 1.165) is 137 Å². The number of aryl methyl sites for hydroxylation is 4. The molecule has 2 saturated heterocycles. The first-order valence-corrected chi connectivity index (χ1v) is 44.8. The van der Waals surface area contributed by atoms with E-state index in [0.29, 0.717) is 78.8 Å². The van der Waals surface area contributed by atoms with Crippen molar-refractivity contribution in [3.05, 3.63) is 248 Å². The number of nitrogens with one attached hydrogen (secondary N) is 2. The molecule has 14 heterocycles. The van der Waals surface area contributed by atoms with Gasteiger partial charge in [0, 0.05) is 87.1 Å². The molecule has 0 unspecified atom stereocenters. The predicted molar refractivity (Wildman–Crippen MR) is 490 cm³/mol. The number of nitrogen functional groups attached to an aromatic ring is 1. The van der Waals surface area contributed by atoms with Gasteiger partial charge in [0.25, 0.3) is 0 Å². The van der Waals surface area contributed by atoms with Crippen LogP contribution in [-0.2, 0) is 25.7 Å². The van der Waals surface area contributed by atoms with Crippen LogP contribution in [0.1, 0.15) is 109 Å². The first-order chi connectivity index (χ1) is 59.1. The van der Waals surface area contributed by atoms with Crippen molar-refractivity contribution in [2.24, 2.45) is 0 Å². The molecular weight excluding hydrogens is 1850 g/mol. The summed E-state index contributed by atoms with van der Waals surface area (Å²) in [7, 11) is 3.89. The Morgan fingerprint density at radius 2 is 0.869 bits per heavy atom. The van der Waals surface area contributed by atoms with Crippen LogP contribution in [0, 0.1) is 68.6 Å². The number of piperidine rings is 2. The Hall–Kier alpha value is -11.5. The third-order valence-electron chi connectivity index (χ3n) is 19.6. The second kappa shape index (κ2) is 40.9. The molecule has 0 saturated carbocycles. The van der Waals surface area contributed by atoms with Crippen molar-refractivity contribution in [1.82, 2.24) is 68.9 Å². The van der Waals surface area contributed by atoms with Gasteiger partial charge in [-0.15, -0.1) is 4.63 Å². The Kier molecular flexibility index (Phi) is 29.6. The van der Waals surface area contributed by atoms with Gasteiger partial charge in [0.15, 0.2) is 19.9 Å². The second-order valence-corrected chi connectivity index (χ2v) is 34.8. The SMILES string of the molecule is C1CCNCC1.CCc1nn2ccc(Br)cc2c1N(C)c1nc(-c2ccc(F)cc2)c(C#N)s1.CCc1nn2ccc(Br)cc2c1Nc1nc(-c2ccc(F)cc2)c(C#N)s1.CCc1nn2ccc(N3CCCCC3)cc2c1N(C)c1nc(-c2ccc(F)cc2)c(C#N)s1.CCc1nn2ncc(Br)cc2c1N.N#Cc1sc(Cl)nc1-c1ccc(F)cc1. The molecule has 2 fully saturated rings. The molecule has 0 amide bonds. The maximum atomic E-state index is 13.4. The van der Waals surface area contributed by atoms with Crippen molar-refractivity contribution in [1.29, 1.82) is 21.0 Å². The zero-order chi connectivity index (χ0) is 86.3. The standard InChI is InChI=1S/C25H25FN6S.C20H15BrFN5S.C19H13BrFN5S.C10H4ClFN2S.C8H9BrN4.C5H11N/c1-3-20-24(21-15-19(11-14-32(21)29-20)31-12-5-4-6-13-31)30(2)25-28-23(22(16-27)33-25)17-7-9-18(26)10-8-17;1-3-15-19(16-10-13(21)8-9-27(16)25-15)26(2)20-24-18(17(11-23)28-20)12-4-6-14(22)7-5-12;1-2-14-18(15-9-12(20)7-8-26(15)25-14)24-19-23-17(16(10-22)27-19)11-3-5-13(21)6-4-11;11-10-14-9(8(5-13)15-10)6-1-3-7(12)4-2-6;1-2-6-8(10)7-3-5(9)4-11-13(7)12-6;1-2-4-6-5-3-1/h7-11,14-15H,3-6,12-13H2,1-2H3;4-10H,3H2,1-2H3;3-9H,2H2,1H3,(H,23,24);1-4H;3-4H,2,10H2,1H3;6H,1-5H2. The van der Waals surface area contributed by atoms with E-state index < -0.39 is 0 Å². The number of halogens is 8. The number of aromatic nitrogens is 13. The van der Waals surface area contributed by atoms with Crippen molar-refractivity contribution < 1.29 is 17.6 Å². The lowest BCUT2D eigenvalue weighted by atomic mass is 10.1. The predicted octanol–water partition coefficient (Wildman–Crippen LogP) is 22.8. The van der Waals surface area contributed by atoms with E-state index in [1.807, 2.05) is 106 Å². The number of thiazole rings is 4. The third kappa shape index (κ3) is 20.6. The zero-order valence-corrected chi connectivity index (χ0v) is 75.4. The highest BCUT2D eigenvalue weighted by Crippen LogP contribution is 2.43. The monoisotopic (exact) mass is 1920 g/mol. The van der Waals surface area contributed by atoms with Gasteiger partial charge in [0.2, 0.25) is 0 Å². The molecular formula is C87H77Br3ClF4N23S4. The number of nitriles is 4. The molecule has 2 aliphatic heterocycles. The number of hydrogen-bond acceptors (Lipinski definition) is 23. The van der Waals surface area contributed by atoms with Crippen molar-refractivity contribution in [2.75, 3.05) is 66.0 Å². The maximum absolute atomic E-state index is 13.4. The van der Waals surface area contributed by atoms with Gasteiger partial charge in [-0.2, -0.15) is 46.5 Å². The molecule has 0 aliphatic carbocycles. The highest BCUT2D eigenvalue weighted by Gasteiger charge is 2.27. The summed E-state index contributed by atoms with van der Waals surface area (Å²) in [4.78, 5) is 26.4. The summed E-state index contributed by atoms with van der Waals surface area (Å²) in [6, 6.07) is 46.6. The Morgan fingerprint density at radius 3 is 1.32 bits per heavy atom. The van der Waals surface area contributed by atoms with Gasteiger partial charge in [-0.05, 0) is 226 Å². The second-order valence-electron chi connectivity index (χ2n) is 27.6. The molecule has 0 spiro atoms. The van der Waals surface area contributed by atoms with Crippen LogP contribution in [0.5, 0.6) is 0 Å². The summed E-state index contributed by atoms with van der Waals surface area (Å²) in [6.45, 7) is 12.9. The van der Waals surface area contributed by atoms with Crippen LogP contribution in [0.4, 0.5) is 61.4 Å². The normalized spacial score (nSPS) is 12.3. The Labute approximate surface area is 747 Å². The van der Waals surface area contributed by atoms with Gasteiger partial charge in [-0.25, -0.2) is 51.0 Å². The molecule has 620 valence electrons. The lowest BCUT2D eigenvalue weighted by Crippen LogP contribution is -2.29. The van der Waals surface area contributed by atoms with Crippen molar-refractivity contribution >= 4 is 171 Å². The molecule has 2 aliphatic rings. The molecule has 0 atom stereocenters. The molecule has 12 aromatic heterocycles. The number of hydrogen-bond donors (Lipinski definition) is 3. The lowest BCUT2D eigenvalue weighted by Gasteiger charge is -2.29. The fourth-order valence-corrected chi connectivity index (χ4v) is 18.0. The highest BCUT2D eigenvalue weighted by atomic mass is 79.9. The van der Waals surface area contributed by atoms with Crippen molar-refractivity contribution in [3.63, 3.8) is 0 Å². The van der Waals surface area contributed by atoms with Crippen molar-refractivity contribution in [2.45, 2.75) is 91.9 Å². The van der Waals surface area contributed by atoms with Crippen LogP contribution in [0.15, 0.2) is 178 Å². The molecule has 0 bridgehead atoms. The van der Waals surface area contributed by atoms with Gasteiger partial charge in [0.05, 0.1) is 68.3 Å². The van der Waals surface area contributed by atoms with Gasteiger partial charge in [-0.3, -0.25) is 0 Å². The summed E-state index contributed by atoms with van der Waals surface area (Å²) < 4.78 is 62.8. The van der Waals surface area contributed by atoms with Gasteiger partial charge in [0.1, 0.15) is 95.3 Å². The largest absolute Gasteiger partial charge is 0.395 e. The summed E-state index contributed by atoms with van der Waals surface area (Å²) >= 11 is 21.1. The molecule has 23 nitrogen and oxygen atoms in total.